The summed E-state index contributed by atoms with van der Waals surface area (Å²) in [4.78, 5) is 8.51. The van der Waals surface area contributed by atoms with Gasteiger partial charge in [-0.2, -0.15) is 0 Å². The number of benzene rings is 1. The summed E-state index contributed by atoms with van der Waals surface area (Å²) in [5.74, 6) is 0. The van der Waals surface area contributed by atoms with Crippen LogP contribution in [-0.2, 0) is 9.31 Å². The van der Waals surface area contributed by atoms with Gasteiger partial charge in [-0.1, -0.05) is 24.3 Å². The number of fused-ring (bicyclic) bond motifs is 1. The summed E-state index contributed by atoms with van der Waals surface area (Å²) in [6, 6.07) is 14.5. The zero-order valence-electron chi connectivity index (χ0n) is 14.8. The normalized spacial score (nSPS) is 26.6. The molecule has 128 valence electrons. The fraction of sp³-hybridized carbons (Fsp3) is 0.238. The first-order valence-electron chi connectivity index (χ1n) is 8.88. The Bertz CT molecular complexity index is 893. The van der Waals surface area contributed by atoms with Crippen LogP contribution in [0.4, 0.5) is 0 Å². The number of rotatable bonds is 3. The van der Waals surface area contributed by atoms with Gasteiger partial charge in [0.15, 0.2) is 0 Å². The largest absolute Gasteiger partial charge is 0.494 e. The topological polar surface area (TPSA) is 44.2 Å². The summed E-state index contributed by atoms with van der Waals surface area (Å²) >= 11 is 0. The van der Waals surface area contributed by atoms with Gasteiger partial charge in [0, 0.05) is 31.2 Å². The number of nitrogens with zero attached hydrogens (tertiary/aromatic N) is 2. The summed E-state index contributed by atoms with van der Waals surface area (Å²) in [7, 11) is -0.342. The Kier molecular flexibility index (Phi) is 3.33. The number of pyridine rings is 2. The molecule has 5 heteroatoms. The summed E-state index contributed by atoms with van der Waals surface area (Å²) in [5, 5.41) is 0. The lowest BCUT2D eigenvalue weighted by molar-refractivity contribution is 0.187. The second-order valence-electron chi connectivity index (χ2n) is 7.53. The predicted molar refractivity (Wildman–Crippen MR) is 102 cm³/mol. The smallest absolute Gasteiger partial charge is 0.399 e. The summed E-state index contributed by atoms with van der Waals surface area (Å²) in [6.45, 7) is 4.25. The van der Waals surface area contributed by atoms with Crippen LogP contribution in [0.1, 0.15) is 20.3 Å². The van der Waals surface area contributed by atoms with Gasteiger partial charge in [-0.25, -0.2) is 0 Å². The molecular weight excluding hydrogens is 323 g/mol. The molecule has 0 amide bonds. The van der Waals surface area contributed by atoms with Gasteiger partial charge in [0.25, 0.3) is 0 Å². The summed E-state index contributed by atoms with van der Waals surface area (Å²) in [6.07, 6.45) is 8.28. The van der Waals surface area contributed by atoms with Crippen LogP contribution in [-0.4, -0.2) is 28.3 Å². The third-order valence-electron chi connectivity index (χ3n) is 5.62. The van der Waals surface area contributed by atoms with Crippen LogP contribution in [0.2, 0.25) is 0 Å². The molecule has 1 aliphatic carbocycles. The van der Waals surface area contributed by atoms with Gasteiger partial charge in [0.05, 0.1) is 11.2 Å². The van der Waals surface area contributed by atoms with Gasteiger partial charge >= 0.3 is 7.12 Å². The van der Waals surface area contributed by atoms with Crippen molar-refractivity contribution in [3.8, 4) is 22.3 Å². The van der Waals surface area contributed by atoms with E-state index in [1.807, 2.05) is 24.5 Å². The van der Waals surface area contributed by atoms with Gasteiger partial charge in [0.2, 0.25) is 0 Å². The fourth-order valence-electron chi connectivity index (χ4n) is 3.75. The van der Waals surface area contributed by atoms with E-state index in [9.17, 15) is 0 Å². The van der Waals surface area contributed by atoms with Gasteiger partial charge in [-0.3, -0.25) is 9.97 Å². The highest BCUT2D eigenvalue weighted by Gasteiger charge is 2.71. The van der Waals surface area contributed by atoms with Crippen molar-refractivity contribution in [3.63, 3.8) is 0 Å². The highest BCUT2D eigenvalue weighted by molar-refractivity contribution is 6.62. The molecule has 0 bridgehead atoms. The Labute approximate surface area is 153 Å². The van der Waals surface area contributed by atoms with E-state index in [0.717, 1.165) is 34.1 Å². The van der Waals surface area contributed by atoms with Crippen molar-refractivity contribution in [1.82, 2.24) is 9.97 Å². The molecule has 5 rings (SSSR count). The van der Waals surface area contributed by atoms with E-state index in [2.05, 4.69) is 54.1 Å². The maximum Gasteiger partial charge on any atom is 0.494 e. The summed E-state index contributed by atoms with van der Waals surface area (Å²) in [5.41, 5.74) is 5.02. The third-order valence-corrected chi connectivity index (χ3v) is 5.62. The molecule has 1 unspecified atom stereocenters. The van der Waals surface area contributed by atoms with E-state index in [4.69, 9.17) is 9.31 Å². The number of hydrogen-bond acceptors (Lipinski definition) is 4. The highest BCUT2D eigenvalue weighted by atomic mass is 16.7. The lowest BCUT2D eigenvalue weighted by Crippen LogP contribution is -2.36. The van der Waals surface area contributed by atoms with Crippen molar-refractivity contribution in [3.05, 3.63) is 67.3 Å². The van der Waals surface area contributed by atoms with Crippen molar-refractivity contribution in [2.24, 2.45) is 0 Å². The van der Waals surface area contributed by atoms with Crippen molar-refractivity contribution in [2.75, 3.05) is 0 Å². The Balaban J connectivity index is 1.61. The maximum atomic E-state index is 6.24. The van der Waals surface area contributed by atoms with Gasteiger partial charge in [-0.05, 0) is 59.8 Å². The number of aromatic nitrogens is 2. The highest BCUT2D eigenvalue weighted by Crippen LogP contribution is 2.58. The number of hydrogen-bond donors (Lipinski definition) is 0. The minimum absolute atomic E-state index is 0.170. The van der Waals surface area contributed by atoms with E-state index in [1.165, 1.54) is 0 Å². The van der Waals surface area contributed by atoms with Gasteiger partial charge in [-0.15, -0.1) is 0 Å². The minimum atomic E-state index is -0.342. The fourth-order valence-corrected chi connectivity index (χ4v) is 3.75. The zero-order chi connectivity index (χ0) is 17.8. The molecule has 1 aromatic carbocycles. The molecule has 2 aliphatic rings. The first-order valence-corrected chi connectivity index (χ1v) is 8.88. The van der Waals surface area contributed by atoms with Crippen LogP contribution in [0.3, 0.4) is 0 Å². The molecule has 0 radical (unpaired) electrons. The molecule has 0 spiro atoms. The first-order chi connectivity index (χ1) is 12.6. The lowest BCUT2D eigenvalue weighted by atomic mass is 9.76. The van der Waals surface area contributed by atoms with Gasteiger partial charge in [0.1, 0.15) is 0 Å². The van der Waals surface area contributed by atoms with E-state index >= 15 is 0 Å². The molecule has 3 aromatic rings. The minimum Gasteiger partial charge on any atom is -0.399 e. The third kappa shape index (κ3) is 2.47. The molecule has 1 saturated carbocycles. The van der Waals surface area contributed by atoms with Crippen molar-refractivity contribution < 1.29 is 9.31 Å². The maximum absolute atomic E-state index is 6.24. The van der Waals surface area contributed by atoms with E-state index < -0.39 is 0 Å². The van der Waals surface area contributed by atoms with Gasteiger partial charge < -0.3 is 9.31 Å². The first kappa shape index (κ1) is 15.7. The average Bonchev–Trinajstić information content (AvgIpc) is 3.10. The molecule has 1 saturated heterocycles. The van der Waals surface area contributed by atoms with Crippen LogP contribution in [0.5, 0.6) is 0 Å². The molecule has 0 N–H and O–H groups in total. The SMILES string of the molecule is CC12C[C@]1(C)OB(c1cc(-c3cccnc3)cc(-c3cccnc3)c1)O2. The van der Waals surface area contributed by atoms with Crippen LogP contribution in [0.25, 0.3) is 22.3 Å². The molecule has 2 fully saturated rings. The molecule has 2 aromatic heterocycles. The Morgan fingerprint density at radius 1 is 0.808 bits per heavy atom. The van der Waals surface area contributed by atoms with E-state index in [1.54, 1.807) is 12.4 Å². The van der Waals surface area contributed by atoms with Crippen LogP contribution < -0.4 is 5.46 Å². The van der Waals surface area contributed by atoms with Crippen molar-refractivity contribution in [2.45, 2.75) is 31.5 Å². The summed E-state index contributed by atoms with van der Waals surface area (Å²) < 4.78 is 12.5. The van der Waals surface area contributed by atoms with Crippen molar-refractivity contribution in [1.29, 1.82) is 0 Å². The van der Waals surface area contributed by atoms with Crippen LogP contribution in [0.15, 0.2) is 67.3 Å². The molecule has 4 nitrogen and oxygen atoms in total. The average molecular weight is 342 g/mol. The molecule has 26 heavy (non-hydrogen) atoms. The Hall–Kier alpha value is -2.50. The quantitative estimate of drug-likeness (QED) is 0.684. The molecule has 3 heterocycles. The Morgan fingerprint density at radius 2 is 1.35 bits per heavy atom. The van der Waals surface area contributed by atoms with Crippen LogP contribution >= 0.6 is 0 Å². The lowest BCUT2D eigenvalue weighted by Gasteiger charge is -2.15. The second kappa shape index (κ2) is 5.50. The van der Waals surface area contributed by atoms with E-state index in [-0.39, 0.29) is 18.3 Å². The van der Waals surface area contributed by atoms with Crippen molar-refractivity contribution >= 4 is 12.6 Å². The standard InChI is InChI=1S/C21H19BN2O2/c1-20-14-21(20,2)26-22(25-20)19-10-17(15-5-3-7-23-12-15)9-18(11-19)16-6-4-8-24-13-16/h3-13H,14H2,1-2H3/t20-,21?/m0/s1. The monoisotopic (exact) mass is 342 g/mol. The second-order valence-corrected chi connectivity index (χ2v) is 7.53. The molecule has 2 atom stereocenters. The predicted octanol–water partition coefficient (Wildman–Crippen LogP) is 3.47. The van der Waals surface area contributed by atoms with Crippen LogP contribution in [0, 0.1) is 0 Å². The van der Waals surface area contributed by atoms with E-state index in [0.29, 0.717) is 0 Å². The Morgan fingerprint density at radius 3 is 1.81 bits per heavy atom. The molecule has 1 aliphatic heterocycles. The molecular formula is C21H19BN2O2. The zero-order valence-corrected chi connectivity index (χ0v) is 14.8.